The lowest BCUT2D eigenvalue weighted by atomic mass is 10.2. The van der Waals surface area contributed by atoms with E-state index in [1.54, 1.807) is 0 Å². The third kappa shape index (κ3) is 2.56. The first-order chi connectivity index (χ1) is 7.88. The average molecular weight is 250 g/mol. The summed E-state index contributed by atoms with van der Waals surface area (Å²) in [5.41, 5.74) is -0.508. The highest BCUT2D eigenvalue weighted by atomic mass is 19.4. The zero-order valence-corrected chi connectivity index (χ0v) is 9.81. The molecular formula is C11H17F3N2O. The third-order valence-corrected chi connectivity index (χ3v) is 3.44. The SMILES string of the molecule is CCCC1NC2(CC2)C(=O)N1CCC(F)(F)F. The van der Waals surface area contributed by atoms with Crippen molar-refractivity contribution in [2.24, 2.45) is 0 Å². The Kier molecular flexibility index (Phi) is 3.10. The van der Waals surface area contributed by atoms with Crippen molar-refractivity contribution >= 4 is 5.91 Å². The van der Waals surface area contributed by atoms with Gasteiger partial charge < -0.3 is 4.90 Å². The number of hydrogen-bond donors (Lipinski definition) is 1. The first-order valence-electron chi connectivity index (χ1n) is 6.03. The van der Waals surface area contributed by atoms with Gasteiger partial charge in [-0.15, -0.1) is 0 Å². The van der Waals surface area contributed by atoms with Gasteiger partial charge in [-0.1, -0.05) is 13.3 Å². The number of rotatable bonds is 4. The van der Waals surface area contributed by atoms with Crippen LogP contribution in [0.3, 0.4) is 0 Å². The lowest BCUT2D eigenvalue weighted by Crippen LogP contribution is -2.39. The molecule has 2 rings (SSSR count). The van der Waals surface area contributed by atoms with E-state index in [0.717, 1.165) is 19.3 Å². The second-order valence-corrected chi connectivity index (χ2v) is 4.89. The Morgan fingerprint density at radius 1 is 1.47 bits per heavy atom. The molecule has 98 valence electrons. The van der Waals surface area contributed by atoms with Crippen molar-refractivity contribution in [3.63, 3.8) is 0 Å². The molecule has 1 atom stereocenters. The van der Waals surface area contributed by atoms with E-state index in [0.29, 0.717) is 6.42 Å². The van der Waals surface area contributed by atoms with E-state index in [2.05, 4.69) is 5.32 Å². The number of nitrogens with one attached hydrogen (secondary N) is 1. The second-order valence-electron chi connectivity index (χ2n) is 4.89. The summed E-state index contributed by atoms with van der Waals surface area (Å²) < 4.78 is 36.6. The van der Waals surface area contributed by atoms with Crippen LogP contribution in [0.4, 0.5) is 13.2 Å². The Balaban J connectivity index is 1.99. The summed E-state index contributed by atoms with van der Waals surface area (Å²) in [5, 5.41) is 3.19. The molecule has 1 aliphatic heterocycles. The summed E-state index contributed by atoms with van der Waals surface area (Å²) in [5.74, 6) is -0.139. The number of nitrogens with zero attached hydrogens (tertiary/aromatic N) is 1. The molecule has 1 heterocycles. The van der Waals surface area contributed by atoms with Gasteiger partial charge >= 0.3 is 6.18 Å². The summed E-state index contributed by atoms with van der Waals surface area (Å²) in [6.45, 7) is 1.74. The van der Waals surface area contributed by atoms with Crippen LogP contribution in [0.2, 0.25) is 0 Å². The van der Waals surface area contributed by atoms with Gasteiger partial charge in [0.1, 0.15) is 0 Å². The molecule has 17 heavy (non-hydrogen) atoms. The molecule has 0 aromatic rings. The highest BCUT2D eigenvalue weighted by Crippen LogP contribution is 2.43. The minimum atomic E-state index is -4.20. The Morgan fingerprint density at radius 3 is 2.59 bits per heavy atom. The predicted molar refractivity (Wildman–Crippen MR) is 56.2 cm³/mol. The Bertz CT molecular complexity index is 312. The van der Waals surface area contributed by atoms with Crippen LogP contribution in [-0.4, -0.2) is 35.2 Å². The summed E-state index contributed by atoms with van der Waals surface area (Å²) >= 11 is 0. The first-order valence-corrected chi connectivity index (χ1v) is 6.03. The molecule has 1 saturated heterocycles. The summed E-state index contributed by atoms with van der Waals surface area (Å²) in [6, 6.07) is 0. The molecular weight excluding hydrogens is 233 g/mol. The molecule has 1 N–H and O–H groups in total. The van der Waals surface area contributed by atoms with Crippen molar-refractivity contribution in [2.45, 2.75) is 56.9 Å². The molecule has 1 aliphatic carbocycles. The van der Waals surface area contributed by atoms with E-state index in [9.17, 15) is 18.0 Å². The normalized spacial score (nSPS) is 26.9. The van der Waals surface area contributed by atoms with Gasteiger partial charge in [-0.25, -0.2) is 0 Å². The van der Waals surface area contributed by atoms with Crippen LogP contribution in [0.25, 0.3) is 0 Å². The average Bonchev–Trinajstić information content (AvgIpc) is 2.92. The monoisotopic (exact) mass is 250 g/mol. The van der Waals surface area contributed by atoms with Crippen molar-refractivity contribution in [3.05, 3.63) is 0 Å². The number of halogens is 3. The highest BCUT2D eigenvalue weighted by Gasteiger charge is 2.58. The number of carbonyl (C=O) groups is 1. The van der Waals surface area contributed by atoms with Gasteiger partial charge in [0.25, 0.3) is 0 Å². The van der Waals surface area contributed by atoms with Crippen molar-refractivity contribution in [2.75, 3.05) is 6.54 Å². The lowest BCUT2D eigenvalue weighted by molar-refractivity contribution is -0.145. The van der Waals surface area contributed by atoms with E-state index in [-0.39, 0.29) is 18.6 Å². The molecule has 1 amide bonds. The van der Waals surface area contributed by atoms with Gasteiger partial charge in [-0.05, 0) is 19.3 Å². The summed E-state index contributed by atoms with van der Waals surface area (Å²) in [6.07, 6.45) is -2.25. The predicted octanol–water partition coefficient (Wildman–Crippen LogP) is 2.03. The molecule has 1 unspecified atom stereocenters. The van der Waals surface area contributed by atoms with E-state index < -0.39 is 18.1 Å². The Hall–Kier alpha value is -0.780. The third-order valence-electron chi connectivity index (χ3n) is 3.44. The minimum absolute atomic E-state index is 0.139. The van der Waals surface area contributed by atoms with Crippen LogP contribution in [0.15, 0.2) is 0 Å². The smallest absolute Gasteiger partial charge is 0.325 e. The molecule has 0 aromatic heterocycles. The zero-order chi connectivity index (χ0) is 12.7. The summed E-state index contributed by atoms with van der Waals surface area (Å²) in [4.78, 5) is 13.4. The number of alkyl halides is 3. The van der Waals surface area contributed by atoms with Gasteiger partial charge in [0, 0.05) is 6.54 Å². The fourth-order valence-electron chi connectivity index (χ4n) is 2.36. The lowest BCUT2D eigenvalue weighted by Gasteiger charge is -2.24. The van der Waals surface area contributed by atoms with E-state index in [1.807, 2.05) is 6.92 Å². The zero-order valence-electron chi connectivity index (χ0n) is 9.81. The van der Waals surface area contributed by atoms with Crippen LogP contribution < -0.4 is 5.32 Å². The standard InChI is InChI=1S/C11H17F3N2O/c1-2-3-8-15-10(4-5-10)9(17)16(8)7-6-11(12,13)14/h8,15H,2-7H2,1H3. The second kappa shape index (κ2) is 4.15. The van der Waals surface area contributed by atoms with Gasteiger partial charge in [0.05, 0.1) is 18.1 Å². The van der Waals surface area contributed by atoms with Crippen molar-refractivity contribution in [1.29, 1.82) is 0 Å². The molecule has 0 bridgehead atoms. The highest BCUT2D eigenvalue weighted by molar-refractivity contribution is 5.91. The number of carbonyl (C=O) groups excluding carboxylic acids is 1. The fraction of sp³-hybridized carbons (Fsp3) is 0.909. The van der Waals surface area contributed by atoms with Crippen LogP contribution in [0.1, 0.15) is 39.0 Å². The minimum Gasteiger partial charge on any atom is -0.325 e. The fourth-order valence-corrected chi connectivity index (χ4v) is 2.36. The van der Waals surface area contributed by atoms with Gasteiger partial charge in [-0.3, -0.25) is 10.1 Å². The maximum Gasteiger partial charge on any atom is 0.390 e. The van der Waals surface area contributed by atoms with E-state index in [4.69, 9.17) is 0 Å². The number of amides is 1. The van der Waals surface area contributed by atoms with Gasteiger partial charge in [0.2, 0.25) is 5.91 Å². The first kappa shape index (κ1) is 12.7. The molecule has 6 heteroatoms. The maximum atomic E-state index is 12.2. The van der Waals surface area contributed by atoms with Crippen molar-refractivity contribution in [3.8, 4) is 0 Å². The van der Waals surface area contributed by atoms with Crippen LogP contribution in [-0.2, 0) is 4.79 Å². The quantitative estimate of drug-likeness (QED) is 0.828. The molecule has 0 radical (unpaired) electrons. The van der Waals surface area contributed by atoms with Crippen LogP contribution in [0.5, 0.6) is 0 Å². The largest absolute Gasteiger partial charge is 0.390 e. The number of hydrogen-bond acceptors (Lipinski definition) is 2. The van der Waals surface area contributed by atoms with Crippen LogP contribution in [0, 0.1) is 0 Å². The molecule has 2 fully saturated rings. The molecule has 3 nitrogen and oxygen atoms in total. The molecule has 2 aliphatic rings. The van der Waals surface area contributed by atoms with Gasteiger partial charge in [0.15, 0.2) is 0 Å². The van der Waals surface area contributed by atoms with Crippen molar-refractivity contribution < 1.29 is 18.0 Å². The molecule has 1 spiro atoms. The maximum absolute atomic E-state index is 12.2. The van der Waals surface area contributed by atoms with E-state index >= 15 is 0 Å². The molecule has 0 aromatic carbocycles. The van der Waals surface area contributed by atoms with Crippen molar-refractivity contribution in [1.82, 2.24) is 10.2 Å². The van der Waals surface area contributed by atoms with E-state index in [1.165, 1.54) is 4.90 Å². The molecule has 1 saturated carbocycles. The Labute approximate surface area is 98.3 Å². The van der Waals surface area contributed by atoms with Gasteiger partial charge in [-0.2, -0.15) is 13.2 Å². The Morgan fingerprint density at radius 2 is 2.12 bits per heavy atom. The van der Waals surface area contributed by atoms with Crippen LogP contribution >= 0.6 is 0 Å². The summed E-state index contributed by atoms with van der Waals surface area (Å²) in [7, 11) is 0. The topological polar surface area (TPSA) is 32.3 Å².